The van der Waals surface area contributed by atoms with Gasteiger partial charge in [0.25, 0.3) is 5.56 Å². The Bertz CT molecular complexity index is 892. The molecule has 0 aliphatic heterocycles. The van der Waals surface area contributed by atoms with E-state index in [9.17, 15) is 13.6 Å². The van der Waals surface area contributed by atoms with Crippen molar-refractivity contribution in [1.82, 2.24) is 9.55 Å². The van der Waals surface area contributed by atoms with Gasteiger partial charge in [-0.1, -0.05) is 22.0 Å². The Labute approximate surface area is 127 Å². The molecular formula is C15H9BrF2N2O. The summed E-state index contributed by atoms with van der Waals surface area (Å²) in [6, 6.07) is 8.74. The van der Waals surface area contributed by atoms with E-state index in [4.69, 9.17) is 0 Å². The van der Waals surface area contributed by atoms with Gasteiger partial charge in [0.15, 0.2) is 11.6 Å². The van der Waals surface area contributed by atoms with Crippen LogP contribution in [0.4, 0.5) is 8.78 Å². The third-order valence-corrected chi connectivity index (χ3v) is 3.62. The second-order valence-electron chi connectivity index (χ2n) is 4.59. The van der Waals surface area contributed by atoms with Crippen molar-refractivity contribution in [2.24, 2.45) is 0 Å². The molecule has 0 saturated carbocycles. The average molecular weight is 351 g/mol. The molecule has 3 aromatic rings. The Kier molecular flexibility index (Phi) is 3.55. The van der Waals surface area contributed by atoms with Crippen molar-refractivity contribution in [3.8, 4) is 0 Å². The first-order valence-corrected chi connectivity index (χ1v) is 6.92. The van der Waals surface area contributed by atoms with Gasteiger partial charge in [0.2, 0.25) is 0 Å². The van der Waals surface area contributed by atoms with Crippen LogP contribution in [-0.2, 0) is 6.54 Å². The predicted octanol–water partition coefficient (Wildman–Crippen LogP) is 3.49. The Morgan fingerprint density at radius 2 is 1.90 bits per heavy atom. The second kappa shape index (κ2) is 5.37. The molecular weight excluding hydrogens is 342 g/mol. The van der Waals surface area contributed by atoms with E-state index in [0.717, 1.165) is 16.6 Å². The van der Waals surface area contributed by atoms with Crippen molar-refractivity contribution in [2.45, 2.75) is 6.54 Å². The van der Waals surface area contributed by atoms with Crippen LogP contribution in [0.5, 0.6) is 0 Å². The van der Waals surface area contributed by atoms with Crippen LogP contribution in [0.1, 0.15) is 5.56 Å². The molecule has 6 heteroatoms. The lowest BCUT2D eigenvalue weighted by Gasteiger charge is -2.07. The zero-order valence-electron chi connectivity index (χ0n) is 10.7. The molecule has 0 aliphatic carbocycles. The number of halogens is 3. The number of hydrogen-bond acceptors (Lipinski definition) is 2. The molecule has 0 aliphatic rings. The van der Waals surface area contributed by atoms with E-state index in [1.165, 1.54) is 17.0 Å². The molecule has 0 saturated heterocycles. The molecule has 0 amide bonds. The van der Waals surface area contributed by atoms with Crippen LogP contribution in [0, 0.1) is 11.6 Å². The van der Waals surface area contributed by atoms with E-state index in [-0.39, 0.29) is 12.1 Å². The normalized spacial score (nSPS) is 11.0. The van der Waals surface area contributed by atoms with Gasteiger partial charge >= 0.3 is 0 Å². The van der Waals surface area contributed by atoms with Crippen molar-refractivity contribution >= 4 is 26.8 Å². The number of fused-ring (bicyclic) bond motifs is 1. The minimum atomic E-state index is -0.932. The van der Waals surface area contributed by atoms with Gasteiger partial charge in [0, 0.05) is 4.47 Å². The Hall–Kier alpha value is -2.08. The highest BCUT2D eigenvalue weighted by Crippen LogP contribution is 2.15. The smallest absolute Gasteiger partial charge is 0.261 e. The third-order valence-electron chi connectivity index (χ3n) is 3.12. The summed E-state index contributed by atoms with van der Waals surface area (Å²) in [5, 5.41) is 0.475. The quantitative estimate of drug-likeness (QED) is 0.709. The molecule has 3 nitrogen and oxygen atoms in total. The van der Waals surface area contributed by atoms with Gasteiger partial charge < -0.3 is 0 Å². The van der Waals surface area contributed by atoms with Crippen LogP contribution < -0.4 is 5.56 Å². The Morgan fingerprint density at radius 3 is 2.67 bits per heavy atom. The van der Waals surface area contributed by atoms with Crippen LogP contribution in [0.3, 0.4) is 0 Å². The number of aromatic nitrogens is 2. The van der Waals surface area contributed by atoms with Crippen LogP contribution in [0.15, 0.2) is 52.0 Å². The summed E-state index contributed by atoms with van der Waals surface area (Å²) in [6.07, 6.45) is 1.40. The van der Waals surface area contributed by atoms with E-state index < -0.39 is 11.6 Å². The molecule has 2 aromatic carbocycles. The molecule has 21 heavy (non-hydrogen) atoms. The summed E-state index contributed by atoms with van der Waals surface area (Å²) in [5.74, 6) is -1.84. The van der Waals surface area contributed by atoms with Crippen molar-refractivity contribution in [2.75, 3.05) is 0 Å². The first kappa shape index (κ1) is 13.9. The van der Waals surface area contributed by atoms with Crippen molar-refractivity contribution in [1.29, 1.82) is 0 Å². The topological polar surface area (TPSA) is 34.9 Å². The van der Waals surface area contributed by atoms with E-state index in [2.05, 4.69) is 20.9 Å². The molecule has 0 fully saturated rings. The van der Waals surface area contributed by atoms with Crippen LogP contribution in [-0.4, -0.2) is 9.55 Å². The van der Waals surface area contributed by atoms with Crippen molar-refractivity contribution in [3.63, 3.8) is 0 Å². The van der Waals surface area contributed by atoms with E-state index in [1.54, 1.807) is 18.2 Å². The van der Waals surface area contributed by atoms with Gasteiger partial charge in [0.05, 0.1) is 23.8 Å². The summed E-state index contributed by atoms with van der Waals surface area (Å²) < 4.78 is 28.3. The SMILES string of the molecule is O=c1c2ccc(Br)cc2ncn1Cc1ccc(F)c(F)c1. The van der Waals surface area contributed by atoms with Crippen LogP contribution >= 0.6 is 15.9 Å². The van der Waals surface area contributed by atoms with Gasteiger partial charge in [-0.25, -0.2) is 13.8 Å². The zero-order valence-corrected chi connectivity index (χ0v) is 12.3. The molecule has 1 aromatic heterocycles. The molecule has 0 radical (unpaired) electrons. The molecule has 0 N–H and O–H groups in total. The van der Waals surface area contributed by atoms with E-state index >= 15 is 0 Å². The summed E-state index contributed by atoms with van der Waals surface area (Å²) >= 11 is 3.32. The molecule has 3 rings (SSSR count). The standard InChI is InChI=1S/C15H9BrF2N2O/c16-10-2-3-11-14(6-10)19-8-20(15(11)21)7-9-1-4-12(17)13(18)5-9/h1-6,8H,7H2. The summed E-state index contributed by atoms with van der Waals surface area (Å²) in [7, 11) is 0. The molecule has 0 atom stereocenters. The fourth-order valence-electron chi connectivity index (χ4n) is 2.08. The van der Waals surface area contributed by atoms with Gasteiger partial charge in [-0.2, -0.15) is 0 Å². The highest BCUT2D eigenvalue weighted by atomic mass is 79.9. The highest BCUT2D eigenvalue weighted by molar-refractivity contribution is 9.10. The lowest BCUT2D eigenvalue weighted by molar-refractivity contribution is 0.506. The van der Waals surface area contributed by atoms with E-state index in [1.807, 2.05) is 0 Å². The fourth-order valence-corrected chi connectivity index (χ4v) is 2.43. The first-order chi connectivity index (χ1) is 10.0. The third kappa shape index (κ3) is 2.71. The van der Waals surface area contributed by atoms with Crippen molar-refractivity contribution in [3.05, 3.63) is 74.7 Å². The maximum absolute atomic E-state index is 13.2. The molecule has 0 spiro atoms. The molecule has 106 valence electrons. The first-order valence-electron chi connectivity index (χ1n) is 6.13. The second-order valence-corrected chi connectivity index (χ2v) is 5.50. The molecule has 0 bridgehead atoms. The minimum absolute atomic E-state index is 0.134. The van der Waals surface area contributed by atoms with Crippen LogP contribution in [0.2, 0.25) is 0 Å². The van der Waals surface area contributed by atoms with Crippen LogP contribution in [0.25, 0.3) is 10.9 Å². The zero-order chi connectivity index (χ0) is 15.0. The average Bonchev–Trinajstić information content (AvgIpc) is 2.46. The molecule has 1 heterocycles. The maximum atomic E-state index is 13.2. The summed E-state index contributed by atoms with van der Waals surface area (Å²) in [5.41, 5.74) is 0.849. The van der Waals surface area contributed by atoms with Crippen molar-refractivity contribution < 1.29 is 8.78 Å². The fraction of sp³-hybridized carbons (Fsp3) is 0.0667. The van der Waals surface area contributed by atoms with Gasteiger partial charge in [-0.05, 0) is 35.9 Å². The maximum Gasteiger partial charge on any atom is 0.261 e. The molecule has 0 unspecified atom stereocenters. The Morgan fingerprint density at radius 1 is 1.10 bits per heavy atom. The van der Waals surface area contributed by atoms with Gasteiger partial charge in [0.1, 0.15) is 0 Å². The lowest BCUT2D eigenvalue weighted by atomic mass is 10.2. The highest BCUT2D eigenvalue weighted by Gasteiger charge is 2.07. The number of rotatable bonds is 2. The number of nitrogens with zero attached hydrogens (tertiary/aromatic N) is 2. The number of benzene rings is 2. The largest absolute Gasteiger partial charge is 0.294 e. The Balaban J connectivity index is 2.05. The van der Waals surface area contributed by atoms with Gasteiger partial charge in [-0.3, -0.25) is 9.36 Å². The predicted molar refractivity (Wildman–Crippen MR) is 79.2 cm³/mol. The minimum Gasteiger partial charge on any atom is -0.294 e. The number of hydrogen-bond donors (Lipinski definition) is 0. The monoisotopic (exact) mass is 350 g/mol. The van der Waals surface area contributed by atoms with Gasteiger partial charge in [-0.15, -0.1) is 0 Å². The lowest BCUT2D eigenvalue weighted by Crippen LogP contribution is -2.21. The van der Waals surface area contributed by atoms with E-state index in [0.29, 0.717) is 16.5 Å². The summed E-state index contributed by atoms with van der Waals surface area (Å²) in [6.45, 7) is 0.134. The summed E-state index contributed by atoms with van der Waals surface area (Å²) in [4.78, 5) is 16.5.